The van der Waals surface area contributed by atoms with E-state index in [0.29, 0.717) is 22.5 Å². The quantitative estimate of drug-likeness (QED) is 0.604. The standard InChI is InChI=1S/C20H13ClF2N2O/c21-15-5-3-13(4-6-15)19-11-16-10-14(7-9-25(16)24-19)20(23)8-1-2-18(22)17(20)12-26/h1-12,17H. The average molecular weight is 371 g/mol. The molecule has 2 heterocycles. The molecule has 0 fully saturated rings. The molecule has 6 heteroatoms. The van der Waals surface area contributed by atoms with Gasteiger partial charge in [0.25, 0.3) is 0 Å². The number of hydrogen-bond acceptors (Lipinski definition) is 2. The normalized spacial score (nSPS) is 22.4. The highest BCUT2D eigenvalue weighted by atomic mass is 35.5. The second kappa shape index (κ2) is 6.18. The molecule has 0 amide bonds. The maximum atomic E-state index is 15.5. The van der Waals surface area contributed by atoms with Gasteiger partial charge >= 0.3 is 0 Å². The van der Waals surface area contributed by atoms with Crippen LogP contribution in [-0.4, -0.2) is 15.9 Å². The van der Waals surface area contributed by atoms with E-state index in [4.69, 9.17) is 11.6 Å². The zero-order valence-corrected chi connectivity index (χ0v) is 14.2. The van der Waals surface area contributed by atoms with E-state index >= 15 is 4.39 Å². The smallest absolute Gasteiger partial charge is 0.170 e. The molecule has 0 aliphatic heterocycles. The highest BCUT2D eigenvalue weighted by Crippen LogP contribution is 2.42. The van der Waals surface area contributed by atoms with Crippen molar-refractivity contribution in [2.24, 2.45) is 5.92 Å². The Kier molecular flexibility index (Phi) is 3.96. The van der Waals surface area contributed by atoms with Crippen LogP contribution in [-0.2, 0) is 10.5 Å². The molecule has 0 bridgehead atoms. The highest BCUT2D eigenvalue weighted by Gasteiger charge is 2.43. The van der Waals surface area contributed by atoms with Crippen molar-refractivity contribution < 1.29 is 13.6 Å². The van der Waals surface area contributed by atoms with E-state index in [9.17, 15) is 9.18 Å². The number of carbonyl (C=O) groups excluding carboxylic acids is 1. The molecule has 0 saturated heterocycles. The molecule has 2 aromatic heterocycles. The van der Waals surface area contributed by atoms with Gasteiger partial charge in [-0.3, -0.25) is 0 Å². The number of pyridine rings is 1. The zero-order chi connectivity index (χ0) is 18.3. The molecule has 0 N–H and O–H groups in total. The molecule has 0 spiro atoms. The fraction of sp³-hybridized carbons (Fsp3) is 0.100. The monoisotopic (exact) mass is 370 g/mol. The topological polar surface area (TPSA) is 34.4 Å². The van der Waals surface area contributed by atoms with Crippen molar-refractivity contribution in [2.75, 3.05) is 0 Å². The molecule has 1 aromatic carbocycles. The first-order valence-corrected chi connectivity index (χ1v) is 8.34. The first-order valence-electron chi connectivity index (χ1n) is 7.96. The largest absolute Gasteiger partial charge is 0.302 e. The summed E-state index contributed by atoms with van der Waals surface area (Å²) in [7, 11) is 0. The van der Waals surface area contributed by atoms with Gasteiger partial charge in [-0.15, -0.1) is 0 Å². The number of nitrogens with zero attached hydrogens (tertiary/aromatic N) is 2. The van der Waals surface area contributed by atoms with Gasteiger partial charge in [0.05, 0.1) is 11.2 Å². The lowest BCUT2D eigenvalue weighted by atomic mass is 9.80. The number of aromatic nitrogens is 2. The van der Waals surface area contributed by atoms with Crippen LogP contribution in [0.25, 0.3) is 16.8 Å². The van der Waals surface area contributed by atoms with Crippen molar-refractivity contribution in [1.82, 2.24) is 9.61 Å². The minimum atomic E-state index is -2.23. The number of halogens is 3. The summed E-state index contributed by atoms with van der Waals surface area (Å²) in [5, 5.41) is 5.08. The first-order chi connectivity index (χ1) is 12.5. The number of carbonyl (C=O) groups is 1. The summed E-state index contributed by atoms with van der Waals surface area (Å²) in [6, 6.07) is 12.1. The molecule has 0 saturated carbocycles. The van der Waals surface area contributed by atoms with Gasteiger partial charge in [-0.05, 0) is 48.0 Å². The van der Waals surface area contributed by atoms with Gasteiger partial charge in [0.1, 0.15) is 18.0 Å². The Morgan fingerprint density at radius 1 is 1.19 bits per heavy atom. The van der Waals surface area contributed by atoms with E-state index in [0.717, 1.165) is 11.6 Å². The lowest BCUT2D eigenvalue weighted by molar-refractivity contribution is -0.113. The van der Waals surface area contributed by atoms with Crippen LogP contribution in [0.5, 0.6) is 0 Å². The number of alkyl halides is 1. The van der Waals surface area contributed by atoms with Gasteiger partial charge in [-0.1, -0.05) is 29.8 Å². The van der Waals surface area contributed by atoms with Gasteiger partial charge in [0.15, 0.2) is 5.67 Å². The number of allylic oxidation sites excluding steroid dienone is 4. The van der Waals surface area contributed by atoms with Crippen LogP contribution in [0.2, 0.25) is 5.02 Å². The van der Waals surface area contributed by atoms with Crippen molar-refractivity contribution in [3.63, 3.8) is 0 Å². The highest BCUT2D eigenvalue weighted by molar-refractivity contribution is 6.30. The van der Waals surface area contributed by atoms with Gasteiger partial charge in [-0.2, -0.15) is 5.10 Å². The van der Waals surface area contributed by atoms with Crippen LogP contribution in [0.3, 0.4) is 0 Å². The number of fused-ring (bicyclic) bond motifs is 1. The molecule has 1 aliphatic rings. The van der Waals surface area contributed by atoms with Gasteiger partial charge < -0.3 is 4.79 Å². The second-order valence-corrected chi connectivity index (χ2v) is 6.55. The Labute approximate surface area is 153 Å². The van der Waals surface area contributed by atoms with E-state index in [1.165, 1.54) is 18.2 Å². The van der Waals surface area contributed by atoms with E-state index in [1.54, 1.807) is 35.0 Å². The van der Waals surface area contributed by atoms with Gasteiger partial charge in [-0.25, -0.2) is 13.3 Å². The Bertz CT molecular complexity index is 1060. The fourth-order valence-corrected chi connectivity index (χ4v) is 3.25. The van der Waals surface area contributed by atoms with Crippen molar-refractivity contribution in [3.05, 3.63) is 83.3 Å². The van der Waals surface area contributed by atoms with E-state index < -0.39 is 17.4 Å². The molecule has 26 heavy (non-hydrogen) atoms. The molecule has 3 aromatic rings. The molecule has 3 nitrogen and oxygen atoms in total. The zero-order valence-electron chi connectivity index (χ0n) is 13.4. The third-order valence-corrected chi connectivity index (χ3v) is 4.78. The second-order valence-electron chi connectivity index (χ2n) is 6.11. The number of aldehydes is 1. The lowest BCUT2D eigenvalue weighted by Crippen LogP contribution is -2.32. The van der Waals surface area contributed by atoms with E-state index in [-0.39, 0.29) is 5.56 Å². The van der Waals surface area contributed by atoms with E-state index in [1.807, 2.05) is 12.1 Å². The summed E-state index contributed by atoms with van der Waals surface area (Å²) in [5.74, 6) is -2.28. The molecular weight excluding hydrogens is 358 g/mol. The lowest BCUT2D eigenvalue weighted by Gasteiger charge is -2.29. The van der Waals surface area contributed by atoms with Gasteiger partial charge in [0, 0.05) is 16.8 Å². The molecule has 0 radical (unpaired) electrons. The molecule has 1 aliphatic carbocycles. The predicted octanol–water partition coefficient (Wildman–Crippen LogP) is 5.06. The van der Waals surface area contributed by atoms with Crippen molar-refractivity contribution in [2.45, 2.75) is 5.67 Å². The number of rotatable bonds is 3. The van der Waals surface area contributed by atoms with Crippen LogP contribution >= 0.6 is 11.6 Å². The SMILES string of the molecule is O=CC1C(F)=CC=CC1(F)c1ccn2nc(-c3ccc(Cl)cc3)cc2c1. The molecular formula is C20H13ClF2N2O. The van der Waals surface area contributed by atoms with Crippen molar-refractivity contribution in [3.8, 4) is 11.3 Å². The first kappa shape index (κ1) is 16.7. The van der Waals surface area contributed by atoms with Crippen LogP contribution in [0.1, 0.15) is 5.56 Å². The summed E-state index contributed by atoms with van der Waals surface area (Å²) in [4.78, 5) is 11.3. The minimum absolute atomic E-state index is 0.198. The Morgan fingerprint density at radius 2 is 1.96 bits per heavy atom. The molecule has 2 unspecified atom stereocenters. The van der Waals surface area contributed by atoms with Crippen molar-refractivity contribution in [1.29, 1.82) is 0 Å². The molecule has 2 atom stereocenters. The van der Waals surface area contributed by atoms with Gasteiger partial charge in [0.2, 0.25) is 0 Å². The van der Waals surface area contributed by atoms with Crippen LogP contribution in [0.4, 0.5) is 8.78 Å². The fourth-order valence-electron chi connectivity index (χ4n) is 3.12. The van der Waals surface area contributed by atoms with Crippen LogP contribution in [0, 0.1) is 5.92 Å². The van der Waals surface area contributed by atoms with E-state index in [2.05, 4.69) is 5.10 Å². The molecule has 4 rings (SSSR count). The number of benzene rings is 1. The average Bonchev–Trinajstić information content (AvgIpc) is 3.05. The molecule has 130 valence electrons. The number of hydrogen-bond donors (Lipinski definition) is 0. The van der Waals surface area contributed by atoms with Crippen LogP contribution in [0.15, 0.2) is 72.7 Å². The summed E-state index contributed by atoms with van der Waals surface area (Å²) in [5.41, 5.74) is 0.171. The van der Waals surface area contributed by atoms with Crippen LogP contribution < -0.4 is 0 Å². The Morgan fingerprint density at radius 3 is 2.69 bits per heavy atom. The summed E-state index contributed by atoms with van der Waals surface area (Å²) in [6.07, 6.45) is 5.49. The predicted molar refractivity (Wildman–Crippen MR) is 96.3 cm³/mol. The Hall–Kier alpha value is -2.79. The summed E-state index contributed by atoms with van der Waals surface area (Å²) >= 11 is 5.90. The summed E-state index contributed by atoms with van der Waals surface area (Å²) in [6.45, 7) is 0. The minimum Gasteiger partial charge on any atom is -0.302 e. The summed E-state index contributed by atoms with van der Waals surface area (Å²) < 4.78 is 31.0. The third kappa shape index (κ3) is 2.65. The third-order valence-electron chi connectivity index (χ3n) is 4.53. The maximum Gasteiger partial charge on any atom is 0.170 e. The maximum absolute atomic E-state index is 15.5. The Balaban J connectivity index is 1.79. The van der Waals surface area contributed by atoms with Crippen molar-refractivity contribution >= 4 is 23.4 Å².